The summed E-state index contributed by atoms with van der Waals surface area (Å²) in [6.45, 7) is 2.43. The Kier molecular flexibility index (Phi) is 3.54. The first-order valence-corrected chi connectivity index (χ1v) is 6.29. The molecule has 1 fully saturated rings. The quantitative estimate of drug-likeness (QED) is 0.768. The highest BCUT2D eigenvalue weighted by Gasteiger charge is 2.17. The maximum atomic E-state index is 7.42. The van der Waals surface area contributed by atoms with Crippen molar-refractivity contribution in [1.29, 1.82) is 0 Å². The highest BCUT2D eigenvalue weighted by Crippen LogP contribution is 2.30. The summed E-state index contributed by atoms with van der Waals surface area (Å²) < 4.78 is 0. The average Bonchev–Trinajstić information content (AvgIpc) is 2.25. The van der Waals surface area contributed by atoms with Gasteiger partial charge in [0, 0.05) is 10.1 Å². The Morgan fingerprint density at radius 2 is 1.80 bits per heavy atom. The summed E-state index contributed by atoms with van der Waals surface area (Å²) in [5.41, 5.74) is 8.02. The van der Waals surface area contributed by atoms with Crippen molar-refractivity contribution in [1.82, 2.24) is 10.6 Å². The van der Waals surface area contributed by atoms with Gasteiger partial charge < -0.3 is 10.6 Å². The predicted molar refractivity (Wildman–Crippen MR) is 65.6 cm³/mol. The largest absolute Gasteiger partial charge is 0.306 e. The summed E-state index contributed by atoms with van der Waals surface area (Å²) in [6.07, 6.45) is 2.56. The Balaban J connectivity index is 1.89. The number of hydrogen-bond acceptors (Lipinski definition) is 2. The molecular weight excluding hydrogens is 204 g/mol. The second-order valence-electron chi connectivity index (χ2n) is 4.14. The first kappa shape index (κ1) is 10.8. The van der Waals surface area contributed by atoms with E-state index >= 15 is 0 Å². The Hall–Kier alpha value is -0.670. The molecule has 2 nitrogen and oxygen atoms in total. The number of thioether (sulfide) groups is 1. The summed E-state index contributed by atoms with van der Waals surface area (Å²) in [5.74, 6) is 0. The van der Waals surface area contributed by atoms with Gasteiger partial charge in [0.05, 0.1) is 5.69 Å². The second-order valence-corrected chi connectivity index (χ2v) is 5.52. The van der Waals surface area contributed by atoms with Crippen LogP contribution < -0.4 is 5.73 Å². The lowest BCUT2D eigenvalue weighted by atomic mass is 10.1. The van der Waals surface area contributed by atoms with Gasteiger partial charge in [-0.1, -0.05) is 0 Å². The third-order valence-corrected chi connectivity index (χ3v) is 4.17. The molecule has 0 saturated carbocycles. The molecule has 1 aliphatic heterocycles. The fraction of sp³-hybridized carbons (Fsp3) is 0.500. The van der Waals surface area contributed by atoms with E-state index in [9.17, 15) is 0 Å². The average molecular weight is 221 g/mol. The molecule has 0 aromatic heterocycles. The number of rotatable bonds is 2. The molecule has 0 aliphatic carbocycles. The van der Waals surface area contributed by atoms with Gasteiger partial charge in [0.15, 0.2) is 0 Å². The fourth-order valence-corrected chi connectivity index (χ4v) is 2.95. The third kappa shape index (κ3) is 3.14. The van der Waals surface area contributed by atoms with E-state index in [0.717, 1.165) is 5.25 Å². The van der Waals surface area contributed by atoms with Crippen molar-refractivity contribution in [2.24, 2.45) is 0 Å². The molecule has 1 aromatic rings. The fourth-order valence-electron chi connectivity index (χ4n) is 1.83. The van der Waals surface area contributed by atoms with Crippen LogP contribution in [0.5, 0.6) is 0 Å². The molecule has 0 bridgehead atoms. The molecule has 81 valence electrons. The van der Waals surface area contributed by atoms with Crippen molar-refractivity contribution >= 4 is 17.4 Å². The van der Waals surface area contributed by atoms with Gasteiger partial charge in [0.2, 0.25) is 0 Å². The van der Waals surface area contributed by atoms with Gasteiger partial charge in [-0.15, -0.1) is 11.8 Å². The van der Waals surface area contributed by atoms with Crippen LogP contribution in [0.2, 0.25) is 0 Å². The summed E-state index contributed by atoms with van der Waals surface area (Å²) in [4.78, 5) is 3.70. The minimum atomic E-state index is 0.600. The van der Waals surface area contributed by atoms with E-state index in [1.807, 2.05) is 23.9 Å². The molecular formula is C12H17N2S. The van der Waals surface area contributed by atoms with Gasteiger partial charge in [-0.3, -0.25) is 0 Å². The first-order chi connectivity index (χ1) is 7.24. The first-order valence-electron chi connectivity index (χ1n) is 5.41. The number of nitrogens with one attached hydrogen (secondary N) is 1. The summed E-state index contributed by atoms with van der Waals surface area (Å²) in [7, 11) is 2.19. The van der Waals surface area contributed by atoms with Crippen LogP contribution in [0.3, 0.4) is 0 Å². The van der Waals surface area contributed by atoms with E-state index in [0.29, 0.717) is 5.69 Å². The van der Waals surface area contributed by atoms with Crippen molar-refractivity contribution in [2.75, 3.05) is 20.1 Å². The Morgan fingerprint density at radius 1 is 1.20 bits per heavy atom. The standard InChI is InChI=1S/C12H17N2S/c1-14-8-6-12(7-9-14)15-11-4-2-10(13)3-5-11/h2-5,12-13H,6-9H2,1H3. The Labute approximate surface area is 95.8 Å². The molecule has 1 aliphatic rings. The van der Waals surface area contributed by atoms with Crippen molar-refractivity contribution in [3.05, 3.63) is 24.3 Å². The van der Waals surface area contributed by atoms with Crippen molar-refractivity contribution in [3.8, 4) is 0 Å². The van der Waals surface area contributed by atoms with E-state index in [1.165, 1.54) is 30.8 Å². The molecule has 0 unspecified atom stereocenters. The minimum absolute atomic E-state index is 0.600. The molecule has 1 aromatic carbocycles. The Bertz CT molecular complexity index is 302. The predicted octanol–water partition coefficient (Wildman–Crippen LogP) is 2.79. The lowest BCUT2D eigenvalue weighted by molar-refractivity contribution is 0.282. The van der Waals surface area contributed by atoms with Gasteiger partial charge in [-0.05, 0) is 57.2 Å². The second kappa shape index (κ2) is 4.90. The van der Waals surface area contributed by atoms with Gasteiger partial charge in [-0.2, -0.15) is 0 Å². The monoisotopic (exact) mass is 221 g/mol. The molecule has 1 heterocycles. The molecule has 0 amide bonds. The smallest absolute Gasteiger partial charge is 0.0540 e. The van der Waals surface area contributed by atoms with Crippen LogP contribution in [0.15, 0.2) is 29.2 Å². The van der Waals surface area contributed by atoms with Crippen LogP contribution in [0.1, 0.15) is 12.8 Å². The van der Waals surface area contributed by atoms with E-state index in [2.05, 4.69) is 24.1 Å². The zero-order valence-corrected chi connectivity index (χ0v) is 9.89. The molecule has 0 spiro atoms. The van der Waals surface area contributed by atoms with Crippen LogP contribution in [0.25, 0.3) is 0 Å². The van der Waals surface area contributed by atoms with Gasteiger partial charge in [-0.25, -0.2) is 0 Å². The van der Waals surface area contributed by atoms with Gasteiger partial charge in [0.1, 0.15) is 0 Å². The lowest BCUT2D eigenvalue weighted by Gasteiger charge is -2.28. The number of likely N-dealkylation sites (tertiary alicyclic amines) is 1. The Morgan fingerprint density at radius 3 is 2.40 bits per heavy atom. The van der Waals surface area contributed by atoms with Crippen molar-refractivity contribution in [3.63, 3.8) is 0 Å². The van der Waals surface area contributed by atoms with Crippen LogP contribution in [0, 0.1) is 0 Å². The molecule has 1 N–H and O–H groups in total. The van der Waals surface area contributed by atoms with E-state index < -0.39 is 0 Å². The maximum absolute atomic E-state index is 7.42. The van der Waals surface area contributed by atoms with Gasteiger partial charge >= 0.3 is 0 Å². The van der Waals surface area contributed by atoms with Crippen LogP contribution in [-0.2, 0) is 0 Å². The van der Waals surface area contributed by atoms with Crippen molar-refractivity contribution < 1.29 is 0 Å². The molecule has 15 heavy (non-hydrogen) atoms. The molecule has 3 heteroatoms. The number of piperidine rings is 1. The van der Waals surface area contributed by atoms with E-state index in [-0.39, 0.29) is 0 Å². The summed E-state index contributed by atoms with van der Waals surface area (Å²) >= 11 is 1.97. The molecule has 1 radical (unpaired) electrons. The zero-order valence-electron chi connectivity index (χ0n) is 9.07. The van der Waals surface area contributed by atoms with E-state index in [4.69, 9.17) is 5.73 Å². The number of benzene rings is 1. The maximum Gasteiger partial charge on any atom is 0.0540 e. The third-order valence-electron chi connectivity index (χ3n) is 2.82. The number of hydrogen-bond donors (Lipinski definition) is 0. The normalized spacial score (nSPS) is 19.3. The van der Waals surface area contributed by atoms with Gasteiger partial charge in [0.25, 0.3) is 0 Å². The summed E-state index contributed by atoms with van der Waals surface area (Å²) in [6, 6.07) is 7.87. The molecule has 1 saturated heterocycles. The topological polar surface area (TPSA) is 27.0 Å². The van der Waals surface area contributed by atoms with Crippen LogP contribution >= 0.6 is 11.8 Å². The minimum Gasteiger partial charge on any atom is -0.306 e. The number of nitrogens with zero attached hydrogens (tertiary/aromatic N) is 1. The highest BCUT2D eigenvalue weighted by atomic mass is 32.2. The van der Waals surface area contributed by atoms with Crippen LogP contribution in [-0.4, -0.2) is 30.3 Å². The highest BCUT2D eigenvalue weighted by molar-refractivity contribution is 8.00. The van der Waals surface area contributed by atoms with Crippen LogP contribution in [0.4, 0.5) is 5.69 Å². The van der Waals surface area contributed by atoms with E-state index in [1.54, 1.807) is 0 Å². The molecule has 2 rings (SSSR count). The zero-order chi connectivity index (χ0) is 10.7. The molecule has 0 atom stereocenters. The lowest BCUT2D eigenvalue weighted by Crippen LogP contribution is -2.31. The summed E-state index contributed by atoms with van der Waals surface area (Å²) in [5, 5.41) is 0.762. The van der Waals surface area contributed by atoms with Crippen molar-refractivity contribution in [2.45, 2.75) is 23.0 Å². The SMILES string of the molecule is CN1CCC(Sc2ccc([NH])cc2)CC1.